The molecule has 0 fully saturated rings. The molecule has 1 atom stereocenters. The maximum absolute atomic E-state index is 10.8. The summed E-state index contributed by atoms with van der Waals surface area (Å²) in [5, 5.41) is 0. The second-order valence-electron chi connectivity index (χ2n) is 2.91. The SMILES string of the molecule is C=CCC(C)C=C(C)C(C)=O. The Bertz CT molecular complexity index is 177. The molecule has 0 saturated heterocycles. The quantitative estimate of drug-likeness (QED) is 0.447. The van der Waals surface area contributed by atoms with E-state index in [9.17, 15) is 4.79 Å². The minimum absolute atomic E-state index is 0.154. The van der Waals surface area contributed by atoms with E-state index in [0.717, 1.165) is 12.0 Å². The molecule has 0 radical (unpaired) electrons. The standard InChI is InChI=1S/C10H16O/c1-5-6-8(2)7-9(3)10(4)11/h5,7-8H,1,6H2,2-4H3. The van der Waals surface area contributed by atoms with Gasteiger partial charge < -0.3 is 0 Å². The minimum atomic E-state index is 0.154. The third-order valence-corrected chi connectivity index (χ3v) is 1.63. The summed E-state index contributed by atoms with van der Waals surface area (Å²) in [5.74, 6) is 0.581. The smallest absolute Gasteiger partial charge is 0.155 e. The lowest BCUT2D eigenvalue weighted by Crippen LogP contribution is -1.95. The minimum Gasteiger partial charge on any atom is -0.295 e. The van der Waals surface area contributed by atoms with Gasteiger partial charge in [0.2, 0.25) is 0 Å². The van der Waals surface area contributed by atoms with Crippen LogP contribution in [-0.2, 0) is 4.79 Å². The second kappa shape index (κ2) is 4.89. The lowest BCUT2D eigenvalue weighted by molar-refractivity contribution is -0.113. The van der Waals surface area contributed by atoms with E-state index in [1.165, 1.54) is 0 Å². The van der Waals surface area contributed by atoms with Crippen LogP contribution in [-0.4, -0.2) is 5.78 Å². The van der Waals surface area contributed by atoms with Crippen LogP contribution in [0.25, 0.3) is 0 Å². The van der Waals surface area contributed by atoms with E-state index in [0.29, 0.717) is 5.92 Å². The van der Waals surface area contributed by atoms with Gasteiger partial charge in [0.05, 0.1) is 0 Å². The van der Waals surface area contributed by atoms with Crippen molar-refractivity contribution in [2.45, 2.75) is 27.2 Å². The molecule has 0 saturated carbocycles. The van der Waals surface area contributed by atoms with Gasteiger partial charge in [-0.3, -0.25) is 4.79 Å². The van der Waals surface area contributed by atoms with Crippen molar-refractivity contribution in [1.82, 2.24) is 0 Å². The summed E-state index contributed by atoms with van der Waals surface area (Å²) in [6.45, 7) is 9.15. The first-order valence-corrected chi connectivity index (χ1v) is 3.88. The van der Waals surface area contributed by atoms with Crippen LogP contribution in [0.4, 0.5) is 0 Å². The Morgan fingerprint density at radius 3 is 2.45 bits per heavy atom. The number of hydrogen-bond donors (Lipinski definition) is 0. The lowest BCUT2D eigenvalue weighted by atomic mass is 10.0. The molecular formula is C10H16O. The number of hydrogen-bond acceptors (Lipinski definition) is 1. The molecule has 0 heterocycles. The second-order valence-corrected chi connectivity index (χ2v) is 2.91. The predicted molar refractivity (Wildman–Crippen MR) is 48.4 cm³/mol. The number of carbonyl (C=O) groups is 1. The van der Waals surface area contributed by atoms with Crippen molar-refractivity contribution in [3.8, 4) is 0 Å². The third kappa shape index (κ3) is 4.54. The van der Waals surface area contributed by atoms with Crippen LogP contribution < -0.4 is 0 Å². The molecule has 0 bridgehead atoms. The average Bonchev–Trinajstić information content (AvgIpc) is 1.87. The summed E-state index contributed by atoms with van der Waals surface area (Å²) in [5.41, 5.74) is 0.847. The fourth-order valence-electron chi connectivity index (χ4n) is 0.875. The number of carbonyl (C=O) groups excluding carboxylic acids is 1. The van der Waals surface area contributed by atoms with Crippen LogP contribution in [0.15, 0.2) is 24.3 Å². The molecule has 0 aromatic carbocycles. The van der Waals surface area contributed by atoms with Gasteiger partial charge in [-0.1, -0.05) is 19.1 Å². The van der Waals surface area contributed by atoms with Crippen LogP contribution in [0.2, 0.25) is 0 Å². The van der Waals surface area contributed by atoms with Crippen molar-refractivity contribution in [2.24, 2.45) is 5.92 Å². The van der Waals surface area contributed by atoms with Crippen LogP contribution in [0.3, 0.4) is 0 Å². The molecule has 1 nitrogen and oxygen atoms in total. The van der Waals surface area contributed by atoms with E-state index >= 15 is 0 Å². The fraction of sp³-hybridized carbons (Fsp3) is 0.500. The fourth-order valence-corrected chi connectivity index (χ4v) is 0.875. The normalized spacial score (nSPS) is 14.3. The lowest BCUT2D eigenvalue weighted by Gasteiger charge is -2.02. The zero-order valence-electron chi connectivity index (χ0n) is 7.55. The molecule has 0 aliphatic heterocycles. The molecule has 0 aliphatic rings. The monoisotopic (exact) mass is 152 g/mol. The highest BCUT2D eigenvalue weighted by Crippen LogP contribution is 2.07. The van der Waals surface area contributed by atoms with Gasteiger partial charge in [-0.25, -0.2) is 0 Å². The highest BCUT2D eigenvalue weighted by Gasteiger charge is 1.99. The zero-order chi connectivity index (χ0) is 8.85. The largest absolute Gasteiger partial charge is 0.295 e. The van der Waals surface area contributed by atoms with Crippen LogP contribution in [0.1, 0.15) is 27.2 Å². The molecule has 62 valence electrons. The Balaban J connectivity index is 4.06. The van der Waals surface area contributed by atoms with Crippen molar-refractivity contribution < 1.29 is 4.79 Å². The first-order valence-electron chi connectivity index (χ1n) is 3.88. The topological polar surface area (TPSA) is 17.1 Å². The molecule has 0 N–H and O–H groups in total. The van der Waals surface area contributed by atoms with Gasteiger partial charge >= 0.3 is 0 Å². The van der Waals surface area contributed by atoms with Crippen molar-refractivity contribution in [2.75, 3.05) is 0 Å². The Kier molecular flexibility index (Phi) is 4.51. The Morgan fingerprint density at radius 2 is 2.09 bits per heavy atom. The predicted octanol–water partition coefficient (Wildman–Crippen LogP) is 2.73. The van der Waals surface area contributed by atoms with E-state index in [1.54, 1.807) is 6.92 Å². The van der Waals surface area contributed by atoms with Gasteiger partial charge in [0.1, 0.15) is 0 Å². The van der Waals surface area contributed by atoms with Crippen LogP contribution in [0, 0.1) is 5.92 Å². The Morgan fingerprint density at radius 1 is 1.55 bits per heavy atom. The van der Waals surface area contributed by atoms with Crippen molar-refractivity contribution in [3.05, 3.63) is 24.3 Å². The van der Waals surface area contributed by atoms with Gasteiger partial charge in [-0.15, -0.1) is 6.58 Å². The molecule has 0 spiro atoms. The molecule has 11 heavy (non-hydrogen) atoms. The van der Waals surface area contributed by atoms with Crippen LogP contribution >= 0.6 is 0 Å². The number of Topliss-reactive ketones (excluding diaryl/α,β-unsaturated/α-hetero) is 1. The summed E-state index contributed by atoms with van der Waals surface area (Å²) in [6, 6.07) is 0. The maximum Gasteiger partial charge on any atom is 0.155 e. The van der Waals surface area contributed by atoms with Crippen molar-refractivity contribution in [1.29, 1.82) is 0 Å². The molecule has 0 aromatic rings. The molecular weight excluding hydrogens is 136 g/mol. The maximum atomic E-state index is 10.8. The van der Waals surface area contributed by atoms with Gasteiger partial charge in [-0.05, 0) is 31.8 Å². The summed E-state index contributed by atoms with van der Waals surface area (Å²) in [6.07, 6.45) is 4.79. The Labute approximate surface area is 68.8 Å². The summed E-state index contributed by atoms with van der Waals surface area (Å²) in [4.78, 5) is 10.8. The first kappa shape index (κ1) is 10.2. The third-order valence-electron chi connectivity index (χ3n) is 1.63. The van der Waals surface area contributed by atoms with Crippen LogP contribution in [0.5, 0.6) is 0 Å². The summed E-state index contributed by atoms with van der Waals surface area (Å²) < 4.78 is 0. The van der Waals surface area contributed by atoms with E-state index in [2.05, 4.69) is 13.5 Å². The molecule has 1 heteroatoms. The van der Waals surface area contributed by atoms with Gasteiger partial charge in [0.15, 0.2) is 5.78 Å². The number of rotatable bonds is 4. The zero-order valence-corrected chi connectivity index (χ0v) is 7.55. The Hall–Kier alpha value is -0.850. The van der Waals surface area contributed by atoms with E-state index in [1.807, 2.05) is 19.1 Å². The van der Waals surface area contributed by atoms with E-state index in [-0.39, 0.29) is 5.78 Å². The summed E-state index contributed by atoms with van der Waals surface area (Å²) >= 11 is 0. The number of allylic oxidation sites excluding steroid dienone is 3. The molecule has 0 aliphatic carbocycles. The average molecular weight is 152 g/mol. The van der Waals surface area contributed by atoms with Gasteiger partial charge in [0, 0.05) is 0 Å². The first-order chi connectivity index (χ1) is 5.07. The molecule has 1 unspecified atom stereocenters. The molecule has 0 rings (SSSR count). The van der Waals surface area contributed by atoms with Crippen molar-refractivity contribution >= 4 is 5.78 Å². The molecule has 0 aromatic heterocycles. The molecule has 0 amide bonds. The van der Waals surface area contributed by atoms with E-state index in [4.69, 9.17) is 0 Å². The highest BCUT2D eigenvalue weighted by atomic mass is 16.1. The number of ketones is 1. The van der Waals surface area contributed by atoms with E-state index < -0.39 is 0 Å². The van der Waals surface area contributed by atoms with Gasteiger partial charge in [-0.2, -0.15) is 0 Å². The van der Waals surface area contributed by atoms with Gasteiger partial charge in [0.25, 0.3) is 0 Å². The van der Waals surface area contributed by atoms with Crippen molar-refractivity contribution in [3.63, 3.8) is 0 Å². The summed E-state index contributed by atoms with van der Waals surface area (Å²) in [7, 11) is 0. The highest BCUT2D eigenvalue weighted by molar-refractivity contribution is 5.92.